The topological polar surface area (TPSA) is 71.4 Å². The van der Waals surface area contributed by atoms with Crippen molar-refractivity contribution in [3.63, 3.8) is 0 Å². The molecule has 0 aliphatic carbocycles. The molecule has 0 bridgehead atoms. The van der Waals surface area contributed by atoms with E-state index in [1.54, 1.807) is 30.3 Å². The van der Waals surface area contributed by atoms with Gasteiger partial charge in [-0.2, -0.15) is 0 Å². The molecule has 0 spiro atoms. The number of aromatic carboxylic acids is 1. The standard InChI is InChI=1S/C7H6O2.H2O2S/c8-7(9)6-4-2-1-3-5-6;1-3-2/h1-5H,(H,8,9);3H2. The second-order valence-corrected chi connectivity index (χ2v) is 1.92. The van der Waals surface area contributed by atoms with Gasteiger partial charge in [0.25, 0.3) is 0 Å². The minimum absolute atomic E-state index is 0.331. The van der Waals surface area contributed by atoms with Crippen LogP contribution in [0.5, 0.6) is 0 Å². The third kappa shape index (κ3) is 4.45. The number of rotatable bonds is 1. The van der Waals surface area contributed by atoms with E-state index < -0.39 is 17.5 Å². The van der Waals surface area contributed by atoms with Crippen molar-refractivity contribution in [3.8, 4) is 0 Å². The first kappa shape index (κ1) is 10.6. The second kappa shape index (κ2) is 6.36. The van der Waals surface area contributed by atoms with E-state index in [1.165, 1.54) is 0 Å². The van der Waals surface area contributed by atoms with Gasteiger partial charge in [-0.1, -0.05) is 18.2 Å². The van der Waals surface area contributed by atoms with E-state index >= 15 is 0 Å². The minimum atomic E-state index is -1.42. The molecule has 0 heterocycles. The van der Waals surface area contributed by atoms with Crippen molar-refractivity contribution in [2.45, 2.75) is 0 Å². The first-order chi connectivity index (χ1) is 5.72. The van der Waals surface area contributed by atoms with Gasteiger partial charge in [0.1, 0.15) is 11.6 Å². The van der Waals surface area contributed by atoms with Gasteiger partial charge in [-0.3, -0.25) is 0 Å². The smallest absolute Gasteiger partial charge is 0.335 e. The van der Waals surface area contributed by atoms with E-state index in [1.807, 2.05) is 0 Å². The number of carboxylic acids is 1. The Balaban J connectivity index is 0.000000354. The fraction of sp³-hybridized carbons (Fsp3) is 0. The zero-order chi connectivity index (χ0) is 9.40. The summed E-state index contributed by atoms with van der Waals surface area (Å²) in [5.41, 5.74) is 0.331. The summed E-state index contributed by atoms with van der Waals surface area (Å²) < 4.78 is 16.8. The molecule has 0 amide bonds. The summed E-state index contributed by atoms with van der Waals surface area (Å²) in [5, 5.41) is 8.38. The molecule has 0 saturated heterocycles. The van der Waals surface area contributed by atoms with Crippen molar-refractivity contribution in [3.05, 3.63) is 35.9 Å². The van der Waals surface area contributed by atoms with Crippen molar-refractivity contribution in [2.75, 3.05) is 0 Å². The summed E-state index contributed by atoms with van der Waals surface area (Å²) in [6.45, 7) is 0. The molecule has 1 N–H and O–H groups in total. The van der Waals surface area contributed by atoms with Crippen LogP contribution in [-0.2, 0) is 11.6 Å². The Labute approximate surface area is 72.4 Å². The summed E-state index contributed by atoms with van der Waals surface area (Å²) >= 11 is -1.42. The predicted molar refractivity (Wildman–Crippen MR) is 45.1 cm³/mol. The Morgan fingerprint density at radius 3 is 1.83 bits per heavy atom. The largest absolute Gasteiger partial charge is 0.478 e. The predicted octanol–water partition coefficient (Wildman–Crippen LogP) is 0.179. The molecule has 66 valence electrons. The molecular weight excluding hydrogens is 180 g/mol. The molecule has 5 heteroatoms. The maximum atomic E-state index is 10.2. The van der Waals surface area contributed by atoms with Crippen molar-refractivity contribution in [1.29, 1.82) is 0 Å². The molecule has 0 aliphatic rings. The third-order valence-corrected chi connectivity index (χ3v) is 1.02. The monoisotopic (exact) mass is 188 g/mol. The highest BCUT2D eigenvalue weighted by Gasteiger charge is 1.96. The fourth-order valence-corrected chi connectivity index (χ4v) is 0.581. The lowest BCUT2D eigenvalue weighted by molar-refractivity contribution is 0.0697. The highest BCUT2D eigenvalue weighted by molar-refractivity contribution is 7.51. The van der Waals surface area contributed by atoms with Crippen LogP contribution in [0.1, 0.15) is 10.4 Å². The molecule has 0 unspecified atom stereocenters. The number of carbonyl (C=O) groups is 1. The van der Waals surface area contributed by atoms with Crippen LogP contribution in [0.15, 0.2) is 30.3 Å². The van der Waals surface area contributed by atoms with Gasteiger partial charge in [0.2, 0.25) is 0 Å². The van der Waals surface area contributed by atoms with Crippen LogP contribution in [0.4, 0.5) is 0 Å². The van der Waals surface area contributed by atoms with Crippen molar-refractivity contribution >= 4 is 17.5 Å². The summed E-state index contributed by atoms with van der Waals surface area (Å²) in [5.74, 6) is -0.879. The second-order valence-electron chi connectivity index (χ2n) is 1.75. The normalized spacial score (nSPS) is 8.00. The third-order valence-electron chi connectivity index (χ3n) is 1.02. The molecule has 0 atom stereocenters. The Kier molecular flexibility index (Phi) is 5.64. The van der Waals surface area contributed by atoms with Gasteiger partial charge < -0.3 is 5.11 Å². The van der Waals surface area contributed by atoms with Crippen molar-refractivity contribution in [2.24, 2.45) is 0 Å². The highest BCUT2D eigenvalue weighted by Crippen LogP contribution is 1.96. The average Bonchev–Trinajstić information content (AvgIpc) is 2.07. The number of carboxylic acid groups (broad SMARTS) is 1. The number of hydrogen-bond donors (Lipinski definition) is 1. The highest BCUT2D eigenvalue weighted by atomic mass is 32.1. The van der Waals surface area contributed by atoms with E-state index in [0.29, 0.717) is 5.56 Å². The van der Waals surface area contributed by atoms with Gasteiger partial charge in [0.05, 0.1) is 5.56 Å². The molecule has 12 heavy (non-hydrogen) atoms. The molecule has 0 fully saturated rings. The van der Waals surface area contributed by atoms with Gasteiger partial charge in [-0.15, -0.1) is 0 Å². The lowest BCUT2D eigenvalue weighted by atomic mass is 10.2. The zero-order valence-corrected chi connectivity index (χ0v) is 7.06. The molecule has 1 rings (SSSR count). The van der Waals surface area contributed by atoms with Gasteiger partial charge in [0, 0.05) is 0 Å². The SMILES string of the molecule is O=C(O)c1ccccc1.O=[SH2]=O. The van der Waals surface area contributed by atoms with E-state index in [-0.39, 0.29) is 0 Å². The number of hydrogen-bond acceptors (Lipinski definition) is 3. The van der Waals surface area contributed by atoms with Gasteiger partial charge in [-0.05, 0) is 12.1 Å². The van der Waals surface area contributed by atoms with Crippen molar-refractivity contribution < 1.29 is 18.3 Å². The molecule has 1 aromatic rings. The minimum Gasteiger partial charge on any atom is -0.478 e. The van der Waals surface area contributed by atoms with Gasteiger partial charge in [-0.25, -0.2) is 13.2 Å². The Morgan fingerprint density at radius 2 is 1.58 bits per heavy atom. The summed E-state index contributed by atoms with van der Waals surface area (Å²) in [4.78, 5) is 10.2. The summed E-state index contributed by atoms with van der Waals surface area (Å²) in [7, 11) is 0. The van der Waals surface area contributed by atoms with Crippen LogP contribution in [-0.4, -0.2) is 19.5 Å². The van der Waals surface area contributed by atoms with Crippen LogP contribution < -0.4 is 0 Å². The Bertz CT molecular complexity index is 277. The average molecular weight is 188 g/mol. The van der Waals surface area contributed by atoms with E-state index in [4.69, 9.17) is 13.5 Å². The Morgan fingerprint density at radius 1 is 1.17 bits per heavy atom. The molecule has 4 nitrogen and oxygen atoms in total. The zero-order valence-electron chi connectivity index (χ0n) is 6.06. The molecular formula is C7H8O4S. The molecule has 1 aromatic carbocycles. The quantitative estimate of drug-likeness (QED) is 0.682. The first-order valence-corrected chi connectivity index (χ1v) is 3.81. The van der Waals surface area contributed by atoms with Gasteiger partial charge in [0.15, 0.2) is 0 Å². The van der Waals surface area contributed by atoms with Gasteiger partial charge >= 0.3 is 5.97 Å². The lowest BCUT2D eigenvalue weighted by Crippen LogP contribution is -1.93. The lowest BCUT2D eigenvalue weighted by Gasteiger charge is -1.88. The first-order valence-electron chi connectivity index (χ1n) is 3.00. The van der Waals surface area contributed by atoms with E-state index in [0.717, 1.165) is 0 Å². The molecule has 0 radical (unpaired) electrons. The number of benzene rings is 1. The molecule has 0 saturated carbocycles. The van der Waals surface area contributed by atoms with Crippen LogP contribution in [0.3, 0.4) is 0 Å². The molecule has 0 aromatic heterocycles. The van der Waals surface area contributed by atoms with Crippen LogP contribution in [0.25, 0.3) is 0 Å². The van der Waals surface area contributed by atoms with Crippen LogP contribution in [0.2, 0.25) is 0 Å². The van der Waals surface area contributed by atoms with E-state index in [9.17, 15) is 4.79 Å². The van der Waals surface area contributed by atoms with Crippen LogP contribution >= 0.6 is 0 Å². The summed E-state index contributed by atoms with van der Waals surface area (Å²) in [6, 6.07) is 8.30. The van der Waals surface area contributed by atoms with E-state index in [2.05, 4.69) is 0 Å². The van der Waals surface area contributed by atoms with Crippen molar-refractivity contribution in [1.82, 2.24) is 0 Å². The maximum absolute atomic E-state index is 10.2. The maximum Gasteiger partial charge on any atom is 0.335 e. The molecule has 0 aliphatic heterocycles. The Hall–Kier alpha value is -1.36. The van der Waals surface area contributed by atoms with Crippen LogP contribution in [0, 0.1) is 0 Å². The summed E-state index contributed by atoms with van der Waals surface area (Å²) in [6.07, 6.45) is 0. The fourth-order valence-electron chi connectivity index (χ4n) is 0.581.